The standard InChI is InChI=1S/C13H22/c1-5-8-9-11-13(10-6-2)12(4)7-3/h6-7,10H,3,5,8-9,11H2,1-2,4H3/b10-6-,13-12+. The van der Waals surface area contributed by atoms with Crippen LogP contribution in [-0.4, -0.2) is 0 Å². The molecule has 0 aromatic rings. The van der Waals surface area contributed by atoms with Gasteiger partial charge >= 0.3 is 0 Å². The van der Waals surface area contributed by atoms with Crippen LogP contribution < -0.4 is 0 Å². The highest BCUT2D eigenvalue weighted by molar-refractivity contribution is 5.30. The number of rotatable bonds is 6. The summed E-state index contributed by atoms with van der Waals surface area (Å²) < 4.78 is 0. The molecule has 0 amide bonds. The average molecular weight is 178 g/mol. The fourth-order valence-corrected chi connectivity index (χ4v) is 1.31. The van der Waals surface area contributed by atoms with E-state index in [1.165, 1.54) is 36.8 Å². The Morgan fingerprint density at radius 3 is 2.46 bits per heavy atom. The minimum absolute atomic E-state index is 1.19. The van der Waals surface area contributed by atoms with Gasteiger partial charge in [0.2, 0.25) is 0 Å². The number of hydrogen-bond donors (Lipinski definition) is 0. The molecule has 0 N–H and O–H groups in total. The van der Waals surface area contributed by atoms with E-state index in [0.29, 0.717) is 0 Å². The van der Waals surface area contributed by atoms with Crippen LogP contribution in [0.25, 0.3) is 0 Å². The van der Waals surface area contributed by atoms with E-state index in [9.17, 15) is 0 Å². The van der Waals surface area contributed by atoms with Gasteiger partial charge in [-0.1, -0.05) is 44.6 Å². The molecule has 0 saturated heterocycles. The summed E-state index contributed by atoms with van der Waals surface area (Å²) in [7, 11) is 0. The monoisotopic (exact) mass is 178 g/mol. The highest BCUT2D eigenvalue weighted by Gasteiger charge is 1.95. The van der Waals surface area contributed by atoms with Crippen molar-refractivity contribution in [2.45, 2.75) is 46.5 Å². The summed E-state index contributed by atoms with van der Waals surface area (Å²) in [5.74, 6) is 0. The lowest BCUT2D eigenvalue weighted by atomic mass is 10.0. The maximum absolute atomic E-state index is 3.80. The maximum Gasteiger partial charge on any atom is -0.0276 e. The first-order valence-electron chi connectivity index (χ1n) is 5.21. The Balaban J connectivity index is 4.18. The Labute approximate surface area is 83.0 Å². The molecule has 0 heteroatoms. The molecule has 0 spiro atoms. The van der Waals surface area contributed by atoms with Gasteiger partial charge in [0.25, 0.3) is 0 Å². The largest absolute Gasteiger partial charge is 0.0988 e. The van der Waals surface area contributed by atoms with E-state index in [1.54, 1.807) is 0 Å². The first-order valence-corrected chi connectivity index (χ1v) is 5.21. The van der Waals surface area contributed by atoms with Gasteiger partial charge in [-0.15, -0.1) is 0 Å². The van der Waals surface area contributed by atoms with Crippen LogP contribution in [0.3, 0.4) is 0 Å². The van der Waals surface area contributed by atoms with E-state index >= 15 is 0 Å². The van der Waals surface area contributed by atoms with E-state index in [2.05, 4.69) is 39.5 Å². The maximum atomic E-state index is 3.80. The molecule has 0 aliphatic carbocycles. The highest BCUT2D eigenvalue weighted by atomic mass is 14.0. The van der Waals surface area contributed by atoms with Gasteiger partial charge < -0.3 is 0 Å². The quantitative estimate of drug-likeness (QED) is 0.410. The molecular weight excluding hydrogens is 156 g/mol. The van der Waals surface area contributed by atoms with E-state index in [0.717, 1.165) is 0 Å². The molecule has 0 rings (SSSR count). The van der Waals surface area contributed by atoms with Crippen molar-refractivity contribution in [3.63, 3.8) is 0 Å². The molecule has 74 valence electrons. The Kier molecular flexibility index (Phi) is 7.38. The molecule has 0 saturated carbocycles. The van der Waals surface area contributed by atoms with Crippen LogP contribution in [0.15, 0.2) is 36.0 Å². The first kappa shape index (κ1) is 12.2. The van der Waals surface area contributed by atoms with Crippen molar-refractivity contribution in [1.82, 2.24) is 0 Å². The van der Waals surface area contributed by atoms with Crippen LogP contribution in [0.4, 0.5) is 0 Å². The minimum Gasteiger partial charge on any atom is -0.0988 e. The molecule has 0 bridgehead atoms. The second kappa shape index (κ2) is 7.85. The van der Waals surface area contributed by atoms with Crippen molar-refractivity contribution < 1.29 is 0 Å². The zero-order chi connectivity index (χ0) is 10.1. The lowest BCUT2D eigenvalue weighted by Gasteiger charge is -2.04. The van der Waals surface area contributed by atoms with E-state index in [1.807, 2.05) is 6.08 Å². The summed E-state index contributed by atoms with van der Waals surface area (Å²) in [6.07, 6.45) is 11.3. The molecule has 0 heterocycles. The summed E-state index contributed by atoms with van der Waals surface area (Å²) >= 11 is 0. The Morgan fingerprint density at radius 1 is 1.31 bits per heavy atom. The van der Waals surface area contributed by atoms with Crippen molar-refractivity contribution in [2.24, 2.45) is 0 Å². The summed E-state index contributed by atoms with van der Waals surface area (Å²) in [5, 5.41) is 0. The number of allylic oxidation sites excluding steroid dienone is 5. The van der Waals surface area contributed by atoms with Crippen LogP contribution in [0.5, 0.6) is 0 Å². The molecule has 0 aromatic carbocycles. The van der Waals surface area contributed by atoms with Gasteiger partial charge in [0, 0.05) is 0 Å². The van der Waals surface area contributed by atoms with Gasteiger partial charge in [0.05, 0.1) is 0 Å². The topological polar surface area (TPSA) is 0 Å². The SMILES string of the molecule is C=C/C(C)=C(\C=C/C)CCCCC. The van der Waals surface area contributed by atoms with E-state index in [4.69, 9.17) is 0 Å². The van der Waals surface area contributed by atoms with Crippen molar-refractivity contribution in [3.05, 3.63) is 36.0 Å². The predicted octanol–water partition coefficient (Wildman–Crippen LogP) is 4.65. The molecule has 0 unspecified atom stereocenters. The minimum atomic E-state index is 1.19. The summed E-state index contributed by atoms with van der Waals surface area (Å²) in [6.45, 7) is 10.2. The molecule has 0 atom stereocenters. The lowest BCUT2D eigenvalue weighted by Crippen LogP contribution is -1.84. The second-order valence-electron chi connectivity index (χ2n) is 3.37. The summed E-state index contributed by atoms with van der Waals surface area (Å²) in [4.78, 5) is 0. The van der Waals surface area contributed by atoms with Gasteiger partial charge in [0.1, 0.15) is 0 Å². The molecule has 0 aromatic heterocycles. The Bertz CT molecular complexity index is 194. The number of hydrogen-bond acceptors (Lipinski definition) is 0. The third kappa shape index (κ3) is 5.46. The van der Waals surface area contributed by atoms with Gasteiger partial charge in [0.15, 0.2) is 0 Å². The van der Waals surface area contributed by atoms with E-state index in [-0.39, 0.29) is 0 Å². The van der Waals surface area contributed by atoms with Crippen LogP contribution >= 0.6 is 0 Å². The smallest absolute Gasteiger partial charge is 0.0276 e. The van der Waals surface area contributed by atoms with Gasteiger partial charge in [-0.2, -0.15) is 0 Å². The van der Waals surface area contributed by atoms with Crippen molar-refractivity contribution in [1.29, 1.82) is 0 Å². The third-order valence-electron chi connectivity index (χ3n) is 2.23. The Hall–Kier alpha value is -0.780. The molecule has 0 aliphatic heterocycles. The molecular formula is C13H22. The first-order chi connectivity index (χ1) is 6.26. The number of unbranched alkanes of at least 4 members (excludes halogenated alkanes) is 2. The Morgan fingerprint density at radius 2 is 2.00 bits per heavy atom. The highest BCUT2D eigenvalue weighted by Crippen LogP contribution is 2.15. The molecule has 0 fully saturated rings. The van der Waals surface area contributed by atoms with Crippen LogP contribution in [0.2, 0.25) is 0 Å². The fourth-order valence-electron chi connectivity index (χ4n) is 1.31. The van der Waals surface area contributed by atoms with Crippen LogP contribution in [0, 0.1) is 0 Å². The molecule has 13 heavy (non-hydrogen) atoms. The van der Waals surface area contributed by atoms with Crippen LogP contribution in [-0.2, 0) is 0 Å². The fraction of sp³-hybridized carbons (Fsp3) is 0.538. The summed E-state index contributed by atoms with van der Waals surface area (Å²) in [5.41, 5.74) is 2.75. The molecule has 0 nitrogen and oxygen atoms in total. The predicted molar refractivity (Wildman–Crippen MR) is 61.9 cm³/mol. The molecule has 0 aliphatic rings. The van der Waals surface area contributed by atoms with Crippen molar-refractivity contribution in [3.8, 4) is 0 Å². The third-order valence-corrected chi connectivity index (χ3v) is 2.23. The zero-order valence-corrected chi connectivity index (χ0v) is 9.27. The summed E-state index contributed by atoms with van der Waals surface area (Å²) in [6, 6.07) is 0. The van der Waals surface area contributed by atoms with Gasteiger partial charge in [-0.05, 0) is 37.8 Å². The lowest BCUT2D eigenvalue weighted by molar-refractivity contribution is 0.717. The van der Waals surface area contributed by atoms with Gasteiger partial charge in [-0.25, -0.2) is 0 Å². The average Bonchev–Trinajstić information content (AvgIpc) is 2.16. The van der Waals surface area contributed by atoms with Crippen molar-refractivity contribution >= 4 is 0 Å². The van der Waals surface area contributed by atoms with E-state index < -0.39 is 0 Å². The second-order valence-corrected chi connectivity index (χ2v) is 3.37. The normalized spacial score (nSPS) is 13.2. The van der Waals surface area contributed by atoms with Gasteiger partial charge in [-0.3, -0.25) is 0 Å². The van der Waals surface area contributed by atoms with Crippen LogP contribution in [0.1, 0.15) is 46.5 Å². The van der Waals surface area contributed by atoms with Crippen molar-refractivity contribution in [2.75, 3.05) is 0 Å². The zero-order valence-electron chi connectivity index (χ0n) is 9.27. The molecule has 0 radical (unpaired) electrons.